The number of hydrogen-bond acceptors (Lipinski definition) is 4. The predicted octanol–water partition coefficient (Wildman–Crippen LogP) is 7.10. The number of amides is 1. The van der Waals surface area contributed by atoms with Crippen LogP contribution in [0.2, 0.25) is 5.02 Å². The van der Waals surface area contributed by atoms with E-state index in [0.717, 1.165) is 20.7 Å². The highest BCUT2D eigenvalue weighted by Gasteiger charge is 2.48. The number of anilines is 1. The zero-order valence-corrected chi connectivity index (χ0v) is 20.5. The van der Waals surface area contributed by atoms with Gasteiger partial charge in [-0.3, -0.25) is 4.79 Å². The molecule has 1 N–H and O–H groups in total. The van der Waals surface area contributed by atoms with Gasteiger partial charge in [0.1, 0.15) is 10.8 Å². The Hall–Kier alpha value is -3.30. The number of thiophene rings is 1. The van der Waals surface area contributed by atoms with E-state index in [4.69, 9.17) is 11.6 Å². The highest BCUT2D eigenvalue weighted by molar-refractivity contribution is 7.10. The summed E-state index contributed by atoms with van der Waals surface area (Å²) >= 11 is 7.94. The van der Waals surface area contributed by atoms with Crippen molar-refractivity contribution in [2.75, 3.05) is 5.32 Å². The quantitative estimate of drug-likeness (QED) is 0.289. The molecule has 0 spiro atoms. The van der Waals surface area contributed by atoms with Gasteiger partial charge >= 0.3 is 6.18 Å². The van der Waals surface area contributed by atoms with Crippen molar-refractivity contribution < 1.29 is 18.0 Å². The second-order valence-electron chi connectivity index (χ2n) is 8.59. The van der Waals surface area contributed by atoms with E-state index in [1.54, 1.807) is 17.0 Å². The van der Waals surface area contributed by atoms with Crippen LogP contribution in [0, 0.1) is 0 Å². The lowest BCUT2D eigenvalue weighted by Gasteiger charge is -2.32. The molecule has 5 nitrogen and oxygen atoms in total. The minimum atomic E-state index is -4.56. The van der Waals surface area contributed by atoms with E-state index in [-0.39, 0.29) is 36.0 Å². The standard InChI is InChI=1S/C26H22ClF3N4OS/c27-22-23(25(35)33(15-17-8-3-1-4-9-17)16-18-10-5-2-6-11-18)32-34-21(26(28,29)30)14-19(31-24(22)34)20-12-7-13-36-20/h1-13,19,21,31H,14-16H2/t19-,21+/m0/s1. The molecule has 4 aromatic rings. The molecule has 36 heavy (non-hydrogen) atoms. The van der Waals surface area contributed by atoms with Crippen molar-refractivity contribution in [2.45, 2.75) is 37.8 Å². The molecule has 0 saturated heterocycles. The van der Waals surface area contributed by atoms with E-state index in [1.165, 1.54) is 11.3 Å². The summed E-state index contributed by atoms with van der Waals surface area (Å²) in [4.78, 5) is 16.0. The van der Waals surface area contributed by atoms with Gasteiger partial charge < -0.3 is 10.2 Å². The van der Waals surface area contributed by atoms with Crippen molar-refractivity contribution >= 4 is 34.7 Å². The van der Waals surface area contributed by atoms with Gasteiger partial charge in [-0.05, 0) is 22.6 Å². The minimum absolute atomic E-state index is 0.00589. The molecule has 0 aliphatic carbocycles. The molecule has 0 bridgehead atoms. The van der Waals surface area contributed by atoms with Gasteiger partial charge in [0.05, 0.1) is 6.04 Å². The second kappa shape index (κ2) is 9.99. The molecule has 0 saturated carbocycles. The minimum Gasteiger partial charge on any atom is -0.361 e. The molecule has 10 heteroatoms. The fourth-order valence-electron chi connectivity index (χ4n) is 4.36. The predicted molar refractivity (Wildman–Crippen MR) is 134 cm³/mol. The molecule has 0 unspecified atom stereocenters. The number of hydrogen-bond donors (Lipinski definition) is 1. The molecule has 186 valence electrons. The van der Waals surface area contributed by atoms with Gasteiger partial charge in [-0.15, -0.1) is 11.3 Å². The first-order valence-corrected chi connectivity index (χ1v) is 12.6. The highest BCUT2D eigenvalue weighted by Crippen LogP contribution is 2.47. The normalized spacial score (nSPS) is 17.3. The first kappa shape index (κ1) is 24.4. The van der Waals surface area contributed by atoms with Crippen molar-refractivity contribution in [1.82, 2.24) is 14.7 Å². The monoisotopic (exact) mass is 530 g/mol. The molecule has 1 aliphatic heterocycles. The number of nitrogens with zero attached hydrogens (tertiary/aromatic N) is 3. The van der Waals surface area contributed by atoms with Gasteiger partial charge in [0.15, 0.2) is 11.7 Å². The fraction of sp³-hybridized carbons (Fsp3) is 0.231. The topological polar surface area (TPSA) is 50.2 Å². The zero-order valence-electron chi connectivity index (χ0n) is 19.0. The van der Waals surface area contributed by atoms with Crippen molar-refractivity contribution in [3.05, 3.63) is 105 Å². The van der Waals surface area contributed by atoms with E-state index in [1.807, 2.05) is 66.0 Å². The number of nitrogens with one attached hydrogen (secondary N) is 1. The second-order valence-corrected chi connectivity index (χ2v) is 9.95. The van der Waals surface area contributed by atoms with Gasteiger partial charge in [-0.1, -0.05) is 78.3 Å². The van der Waals surface area contributed by atoms with E-state index in [0.29, 0.717) is 0 Å². The van der Waals surface area contributed by atoms with Gasteiger partial charge in [0.2, 0.25) is 0 Å². The van der Waals surface area contributed by atoms with Crippen LogP contribution in [0.1, 0.15) is 45.0 Å². The number of halogens is 4. The van der Waals surface area contributed by atoms with Gasteiger partial charge in [0.25, 0.3) is 5.91 Å². The molecule has 2 atom stereocenters. The van der Waals surface area contributed by atoms with Crippen LogP contribution in [0.15, 0.2) is 78.2 Å². The SMILES string of the molecule is O=C(c1nn2c(c1Cl)N[C@H](c1cccs1)C[C@@H]2C(F)(F)F)N(Cc1ccccc1)Cc1ccccc1. The Morgan fingerprint density at radius 1 is 1.03 bits per heavy atom. The van der Waals surface area contributed by atoms with Crippen LogP contribution in [0.5, 0.6) is 0 Å². The number of carbonyl (C=O) groups is 1. The van der Waals surface area contributed by atoms with Crippen molar-refractivity contribution in [3.63, 3.8) is 0 Å². The summed E-state index contributed by atoms with van der Waals surface area (Å²) in [5, 5.41) is 8.93. The Morgan fingerprint density at radius 3 is 2.17 bits per heavy atom. The van der Waals surface area contributed by atoms with Crippen molar-refractivity contribution in [3.8, 4) is 0 Å². The molecule has 2 aromatic heterocycles. The smallest absolute Gasteiger partial charge is 0.361 e. The van der Waals surface area contributed by atoms with E-state index >= 15 is 0 Å². The first-order chi connectivity index (χ1) is 17.3. The maximum Gasteiger partial charge on any atom is 0.410 e. The largest absolute Gasteiger partial charge is 0.410 e. The van der Waals surface area contributed by atoms with Gasteiger partial charge in [0, 0.05) is 24.4 Å². The maximum atomic E-state index is 14.1. The highest BCUT2D eigenvalue weighted by atomic mass is 35.5. The van der Waals surface area contributed by atoms with Crippen LogP contribution >= 0.6 is 22.9 Å². The molecule has 3 heterocycles. The van der Waals surface area contributed by atoms with Crippen LogP contribution in [0.4, 0.5) is 19.0 Å². The first-order valence-electron chi connectivity index (χ1n) is 11.3. The van der Waals surface area contributed by atoms with Crippen LogP contribution in [-0.4, -0.2) is 26.8 Å². The maximum absolute atomic E-state index is 14.1. The molecule has 2 aromatic carbocycles. The average Bonchev–Trinajstić information content (AvgIpc) is 3.52. The molecule has 1 amide bonds. The van der Waals surface area contributed by atoms with E-state index < -0.39 is 24.2 Å². The summed E-state index contributed by atoms with van der Waals surface area (Å²) in [6.45, 7) is 0.502. The summed E-state index contributed by atoms with van der Waals surface area (Å²) in [6.07, 6.45) is -4.81. The summed E-state index contributed by atoms with van der Waals surface area (Å²) in [7, 11) is 0. The van der Waals surface area contributed by atoms with Crippen LogP contribution < -0.4 is 5.32 Å². The number of fused-ring (bicyclic) bond motifs is 1. The Morgan fingerprint density at radius 2 is 1.64 bits per heavy atom. The van der Waals surface area contributed by atoms with E-state index in [9.17, 15) is 18.0 Å². The Balaban J connectivity index is 1.52. The summed E-state index contributed by atoms with van der Waals surface area (Å²) in [6, 6.07) is 19.8. The lowest BCUT2D eigenvalue weighted by molar-refractivity contribution is -0.173. The lowest BCUT2D eigenvalue weighted by Crippen LogP contribution is -2.35. The molecule has 0 fully saturated rings. The summed E-state index contributed by atoms with van der Waals surface area (Å²) < 4.78 is 43.1. The molecular formula is C26H22ClF3N4OS. The molecule has 5 rings (SSSR count). The fourth-order valence-corrected chi connectivity index (χ4v) is 5.41. The van der Waals surface area contributed by atoms with Crippen LogP contribution in [0.3, 0.4) is 0 Å². The van der Waals surface area contributed by atoms with Crippen molar-refractivity contribution in [2.24, 2.45) is 0 Å². The third-order valence-electron chi connectivity index (χ3n) is 6.10. The number of aromatic nitrogens is 2. The Kier molecular flexibility index (Phi) is 6.77. The summed E-state index contributed by atoms with van der Waals surface area (Å²) in [5.41, 5.74) is 1.56. The number of benzene rings is 2. The number of carbonyl (C=O) groups excluding carboxylic acids is 1. The lowest BCUT2D eigenvalue weighted by atomic mass is 10.0. The molecular weight excluding hydrogens is 509 g/mol. The van der Waals surface area contributed by atoms with Gasteiger partial charge in [-0.2, -0.15) is 18.3 Å². The van der Waals surface area contributed by atoms with E-state index in [2.05, 4.69) is 10.4 Å². The Labute approximate surface area is 215 Å². The third kappa shape index (κ3) is 4.99. The number of rotatable bonds is 6. The van der Waals surface area contributed by atoms with Crippen LogP contribution in [0.25, 0.3) is 0 Å². The summed E-state index contributed by atoms with van der Waals surface area (Å²) in [5.74, 6) is -0.531. The molecule has 0 radical (unpaired) electrons. The Bertz CT molecular complexity index is 1290. The third-order valence-corrected chi connectivity index (χ3v) is 7.45. The van der Waals surface area contributed by atoms with Crippen molar-refractivity contribution in [1.29, 1.82) is 0 Å². The average molecular weight is 531 g/mol. The molecule has 1 aliphatic rings. The van der Waals surface area contributed by atoms with Crippen LogP contribution in [-0.2, 0) is 13.1 Å². The van der Waals surface area contributed by atoms with Gasteiger partial charge in [-0.25, -0.2) is 4.68 Å². The zero-order chi connectivity index (χ0) is 25.3. The number of alkyl halides is 3.